The lowest BCUT2D eigenvalue weighted by molar-refractivity contribution is -0.117. The van der Waals surface area contributed by atoms with Gasteiger partial charge in [0, 0.05) is 13.0 Å². The molecule has 0 aliphatic heterocycles. The van der Waals surface area contributed by atoms with Crippen molar-refractivity contribution in [3.63, 3.8) is 0 Å². The number of hydrogen-bond acceptors (Lipinski definition) is 4. The van der Waals surface area contributed by atoms with Crippen molar-refractivity contribution in [2.24, 2.45) is 5.73 Å². The van der Waals surface area contributed by atoms with E-state index in [2.05, 4.69) is 10.1 Å². The standard InChI is InChI=1S/C11H22N2O3/c1-16-11(15)13-8-6-4-2-3-5-7-10(14)9-12/h2-9,12H2,1H3,(H,13,15). The molecule has 0 aromatic heterocycles. The number of ether oxygens (including phenoxy) is 1. The zero-order valence-electron chi connectivity index (χ0n) is 9.96. The van der Waals surface area contributed by atoms with Crippen LogP contribution in [0.3, 0.4) is 0 Å². The Hall–Kier alpha value is -1.10. The van der Waals surface area contributed by atoms with Crippen LogP contribution in [0.5, 0.6) is 0 Å². The van der Waals surface area contributed by atoms with Gasteiger partial charge in [-0.1, -0.05) is 19.3 Å². The molecule has 0 aromatic rings. The molecule has 0 saturated heterocycles. The Morgan fingerprint density at radius 1 is 1.12 bits per heavy atom. The van der Waals surface area contributed by atoms with Crippen molar-refractivity contribution < 1.29 is 14.3 Å². The molecule has 5 heteroatoms. The Bertz CT molecular complexity index is 185. The lowest BCUT2D eigenvalue weighted by Gasteiger charge is -2.03. The average Bonchev–Trinajstić information content (AvgIpc) is 2.31. The first-order valence-corrected chi connectivity index (χ1v) is 5.74. The molecule has 0 aliphatic carbocycles. The zero-order chi connectivity index (χ0) is 12.2. The molecule has 0 aliphatic rings. The summed E-state index contributed by atoms with van der Waals surface area (Å²) in [7, 11) is 1.35. The van der Waals surface area contributed by atoms with Crippen LogP contribution in [-0.2, 0) is 9.53 Å². The molecule has 0 radical (unpaired) electrons. The second-order valence-electron chi connectivity index (χ2n) is 3.68. The van der Waals surface area contributed by atoms with E-state index < -0.39 is 0 Å². The molecular formula is C11H22N2O3. The topological polar surface area (TPSA) is 81.4 Å². The molecule has 1 amide bonds. The van der Waals surface area contributed by atoms with Crippen LogP contribution in [0, 0.1) is 0 Å². The summed E-state index contributed by atoms with van der Waals surface area (Å²) in [6, 6.07) is 0. The van der Waals surface area contributed by atoms with Gasteiger partial charge in [-0.25, -0.2) is 4.79 Å². The van der Waals surface area contributed by atoms with Crippen LogP contribution in [0.25, 0.3) is 0 Å². The Morgan fingerprint density at radius 2 is 1.75 bits per heavy atom. The van der Waals surface area contributed by atoms with Gasteiger partial charge < -0.3 is 15.8 Å². The van der Waals surface area contributed by atoms with E-state index in [1.165, 1.54) is 7.11 Å². The fourth-order valence-electron chi connectivity index (χ4n) is 1.34. The molecule has 0 fully saturated rings. The lowest BCUT2D eigenvalue weighted by Crippen LogP contribution is -2.23. The average molecular weight is 230 g/mol. The minimum atomic E-state index is -0.381. The van der Waals surface area contributed by atoms with Crippen LogP contribution in [0.1, 0.15) is 38.5 Å². The van der Waals surface area contributed by atoms with E-state index in [-0.39, 0.29) is 18.4 Å². The van der Waals surface area contributed by atoms with Crippen molar-refractivity contribution in [1.82, 2.24) is 5.32 Å². The third-order valence-electron chi connectivity index (χ3n) is 2.31. The van der Waals surface area contributed by atoms with Crippen molar-refractivity contribution in [3.05, 3.63) is 0 Å². The van der Waals surface area contributed by atoms with Crippen LogP contribution in [0.2, 0.25) is 0 Å². The molecule has 0 saturated carbocycles. The van der Waals surface area contributed by atoms with Crippen molar-refractivity contribution in [2.75, 3.05) is 20.2 Å². The van der Waals surface area contributed by atoms with Gasteiger partial charge in [0.05, 0.1) is 13.7 Å². The summed E-state index contributed by atoms with van der Waals surface area (Å²) >= 11 is 0. The second-order valence-corrected chi connectivity index (χ2v) is 3.68. The molecule has 0 bridgehead atoms. The van der Waals surface area contributed by atoms with E-state index in [0.29, 0.717) is 13.0 Å². The third-order valence-corrected chi connectivity index (χ3v) is 2.31. The summed E-state index contributed by atoms with van der Waals surface area (Å²) < 4.78 is 4.43. The number of ketones is 1. The van der Waals surface area contributed by atoms with Crippen molar-refractivity contribution in [2.45, 2.75) is 38.5 Å². The predicted molar refractivity (Wildman–Crippen MR) is 62.2 cm³/mol. The van der Waals surface area contributed by atoms with Gasteiger partial charge in [0.15, 0.2) is 0 Å². The summed E-state index contributed by atoms with van der Waals surface area (Å²) in [6.45, 7) is 0.803. The highest BCUT2D eigenvalue weighted by Crippen LogP contribution is 2.05. The molecule has 16 heavy (non-hydrogen) atoms. The zero-order valence-corrected chi connectivity index (χ0v) is 9.96. The number of carbonyl (C=O) groups excluding carboxylic acids is 2. The number of methoxy groups -OCH3 is 1. The van der Waals surface area contributed by atoms with E-state index in [0.717, 1.165) is 32.1 Å². The van der Waals surface area contributed by atoms with E-state index in [1.807, 2.05) is 0 Å². The van der Waals surface area contributed by atoms with Gasteiger partial charge in [-0.15, -0.1) is 0 Å². The van der Waals surface area contributed by atoms with Crippen molar-refractivity contribution in [3.8, 4) is 0 Å². The van der Waals surface area contributed by atoms with Gasteiger partial charge in [-0.3, -0.25) is 4.79 Å². The second kappa shape index (κ2) is 10.4. The Labute approximate surface area is 96.7 Å². The fraction of sp³-hybridized carbons (Fsp3) is 0.818. The molecule has 3 N–H and O–H groups in total. The van der Waals surface area contributed by atoms with Gasteiger partial charge in [-0.2, -0.15) is 0 Å². The summed E-state index contributed by atoms with van der Waals surface area (Å²) in [4.78, 5) is 21.5. The summed E-state index contributed by atoms with van der Waals surface area (Å²) in [5.41, 5.74) is 5.19. The van der Waals surface area contributed by atoms with E-state index in [1.54, 1.807) is 0 Å². The highest BCUT2D eigenvalue weighted by atomic mass is 16.5. The maximum absolute atomic E-state index is 10.9. The number of carbonyl (C=O) groups is 2. The van der Waals surface area contributed by atoms with Gasteiger partial charge in [0.25, 0.3) is 0 Å². The minimum absolute atomic E-state index is 0.132. The molecule has 94 valence electrons. The maximum Gasteiger partial charge on any atom is 0.406 e. The first kappa shape index (κ1) is 14.9. The fourth-order valence-corrected chi connectivity index (χ4v) is 1.34. The third kappa shape index (κ3) is 9.45. The number of unbranched alkanes of at least 4 members (excludes halogenated alkanes) is 4. The monoisotopic (exact) mass is 230 g/mol. The first-order chi connectivity index (χ1) is 7.70. The van der Waals surface area contributed by atoms with Crippen LogP contribution < -0.4 is 11.1 Å². The molecular weight excluding hydrogens is 208 g/mol. The highest BCUT2D eigenvalue weighted by molar-refractivity contribution is 5.80. The number of Topliss-reactive ketones (excluding diaryl/α,β-unsaturated/α-hetero) is 1. The largest absolute Gasteiger partial charge is 0.453 e. The maximum atomic E-state index is 10.9. The minimum Gasteiger partial charge on any atom is -0.453 e. The lowest BCUT2D eigenvalue weighted by atomic mass is 10.1. The number of alkyl carbamates (subject to hydrolysis) is 1. The molecule has 0 heterocycles. The summed E-state index contributed by atoms with van der Waals surface area (Å²) in [6.07, 6.45) is 5.26. The Balaban J connectivity index is 3.10. The number of rotatable bonds is 9. The van der Waals surface area contributed by atoms with Crippen molar-refractivity contribution >= 4 is 11.9 Å². The summed E-state index contributed by atoms with van der Waals surface area (Å²) in [5, 5.41) is 2.62. The van der Waals surface area contributed by atoms with Crippen LogP contribution in [0.4, 0.5) is 4.79 Å². The smallest absolute Gasteiger partial charge is 0.406 e. The molecule has 0 unspecified atom stereocenters. The molecule has 0 atom stereocenters. The first-order valence-electron chi connectivity index (χ1n) is 5.74. The SMILES string of the molecule is COC(=O)NCCCCCCCC(=O)CN. The highest BCUT2D eigenvalue weighted by Gasteiger charge is 1.99. The molecule has 5 nitrogen and oxygen atoms in total. The normalized spacial score (nSPS) is 9.88. The number of nitrogens with one attached hydrogen (secondary N) is 1. The molecule has 0 spiro atoms. The van der Waals surface area contributed by atoms with Gasteiger partial charge in [0.2, 0.25) is 0 Å². The predicted octanol–water partition coefficient (Wildman–Crippen LogP) is 1.21. The van der Waals surface area contributed by atoms with Crippen LogP contribution in [0.15, 0.2) is 0 Å². The number of hydrogen-bond donors (Lipinski definition) is 2. The molecule has 0 aromatic carbocycles. The van der Waals surface area contributed by atoms with E-state index in [9.17, 15) is 9.59 Å². The van der Waals surface area contributed by atoms with Gasteiger partial charge >= 0.3 is 6.09 Å². The van der Waals surface area contributed by atoms with Gasteiger partial charge in [-0.05, 0) is 12.8 Å². The number of amides is 1. The van der Waals surface area contributed by atoms with E-state index in [4.69, 9.17) is 5.73 Å². The van der Waals surface area contributed by atoms with Gasteiger partial charge in [0.1, 0.15) is 5.78 Å². The Morgan fingerprint density at radius 3 is 2.38 bits per heavy atom. The Kier molecular flexibility index (Phi) is 9.70. The number of nitrogens with two attached hydrogens (primary N) is 1. The van der Waals surface area contributed by atoms with Crippen LogP contribution >= 0.6 is 0 Å². The van der Waals surface area contributed by atoms with Crippen molar-refractivity contribution in [1.29, 1.82) is 0 Å². The quantitative estimate of drug-likeness (QED) is 0.583. The summed E-state index contributed by atoms with van der Waals surface area (Å²) in [5.74, 6) is 0.132. The van der Waals surface area contributed by atoms with Crippen LogP contribution in [-0.4, -0.2) is 32.1 Å². The van der Waals surface area contributed by atoms with E-state index >= 15 is 0 Å². The molecule has 0 rings (SSSR count).